The van der Waals surface area contributed by atoms with Crippen molar-refractivity contribution < 1.29 is 4.79 Å². The van der Waals surface area contributed by atoms with Crippen molar-refractivity contribution >= 4 is 45.6 Å². The highest BCUT2D eigenvalue weighted by atomic mass is 35.5. The van der Waals surface area contributed by atoms with Gasteiger partial charge < -0.3 is 5.32 Å². The summed E-state index contributed by atoms with van der Waals surface area (Å²) < 4.78 is 3.66. The van der Waals surface area contributed by atoms with Gasteiger partial charge in [0.2, 0.25) is 5.91 Å². The second-order valence-electron chi connectivity index (χ2n) is 5.96. The van der Waals surface area contributed by atoms with Gasteiger partial charge in [0.05, 0.1) is 28.5 Å². The SMILES string of the molecule is Cc1nn(-c2ccccc2)c(C)c1NC(=O)/C=C/c1c(Cl)nc2sccn12. The summed E-state index contributed by atoms with van der Waals surface area (Å²) in [5.41, 5.74) is 3.94. The molecule has 1 N–H and O–H groups in total. The molecule has 0 aliphatic rings. The Kier molecular flexibility index (Phi) is 4.55. The molecule has 0 saturated carbocycles. The number of halogens is 1. The Balaban J connectivity index is 1.57. The number of aryl methyl sites for hydroxylation is 1. The van der Waals surface area contributed by atoms with Gasteiger partial charge in [0.15, 0.2) is 10.1 Å². The van der Waals surface area contributed by atoms with Crippen LogP contribution in [0.4, 0.5) is 5.69 Å². The molecule has 0 atom stereocenters. The molecule has 3 aromatic heterocycles. The Bertz CT molecular complexity index is 1160. The molecule has 136 valence electrons. The average molecular weight is 398 g/mol. The van der Waals surface area contributed by atoms with Gasteiger partial charge in [0.25, 0.3) is 0 Å². The van der Waals surface area contributed by atoms with E-state index < -0.39 is 0 Å². The minimum absolute atomic E-state index is 0.255. The number of thiazole rings is 1. The highest BCUT2D eigenvalue weighted by molar-refractivity contribution is 7.15. The smallest absolute Gasteiger partial charge is 0.248 e. The normalized spacial score (nSPS) is 11.5. The molecular formula is C19H16ClN5OS. The van der Waals surface area contributed by atoms with Crippen LogP contribution in [0, 0.1) is 13.8 Å². The fraction of sp³-hybridized carbons (Fsp3) is 0.105. The van der Waals surface area contributed by atoms with Crippen LogP contribution in [-0.2, 0) is 4.79 Å². The molecule has 4 rings (SSSR count). The lowest BCUT2D eigenvalue weighted by molar-refractivity contribution is -0.111. The standard InChI is InChI=1S/C19H16ClN5OS/c1-12-17(13(2)25(23-12)14-6-4-3-5-7-14)21-16(26)9-8-15-18(20)22-19-24(15)10-11-27-19/h3-11H,1-2H3,(H,21,26)/b9-8+. The summed E-state index contributed by atoms with van der Waals surface area (Å²) in [4.78, 5) is 17.5. The number of amides is 1. The number of rotatable bonds is 4. The monoisotopic (exact) mass is 397 g/mol. The molecule has 0 aliphatic heterocycles. The van der Waals surface area contributed by atoms with Crippen molar-refractivity contribution in [2.45, 2.75) is 13.8 Å². The maximum Gasteiger partial charge on any atom is 0.248 e. The second-order valence-corrected chi connectivity index (χ2v) is 7.19. The highest BCUT2D eigenvalue weighted by Gasteiger charge is 2.14. The number of imidazole rings is 1. The Labute approximate surface area is 164 Å². The van der Waals surface area contributed by atoms with Gasteiger partial charge in [0, 0.05) is 17.7 Å². The fourth-order valence-electron chi connectivity index (χ4n) is 2.89. The first kappa shape index (κ1) is 17.5. The van der Waals surface area contributed by atoms with Crippen LogP contribution in [0.3, 0.4) is 0 Å². The summed E-state index contributed by atoms with van der Waals surface area (Å²) in [7, 11) is 0. The Morgan fingerprint density at radius 1 is 1.26 bits per heavy atom. The number of carbonyl (C=O) groups is 1. The van der Waals surface area contributed by atoms with E-state index in [4.69, 9.17) is 11.6 Å². The van der Waals surface area contributed by atoms with Gasteiger partial charge in [-0.15, -0.1) is 11.3 Å². The van der Waals surface area contributed by atoms with E-state index >= 15 is 0 Å². The summed E-state index contributed by atoms with van der Waals surface area (Å²) in [6.07, 6.45) is 4.98. The molecule has 0 spiro atoms. The van der Waals surface area contributed by atoms with Crippen LogP contribution >= 0.6 is 22.9 Å². The Hall–Kier alpha value is -2.90. The largest absolute Gasteiger partial charge is 0.319 e. The average Bonchev–Trinajstić information content (AvgIpc) is 3.30. The van der Waals surface area contributed by atoms with Crippen molar-refractivity contribution in [1.29, 1.82) is 0 Å². The minimum atomic E-state index is -0.255. The number of para-hydroxylation sites is 1. The first-order valence-electron chi connectivity index (χ1n) is 8.26. The number of fused-ring (bicyclic) bond motifs is 1. The predicted octanol–water partition coefficient (Wildman–Crippen LogP) is 4.50. The molecule has 1 aromatic carbocycles. The van der Waals surface area contributed by atoms with Gasteiger partial charge in [-0.05, 0) is 32.1 Å². The van der Waals surface area contributed by atoms with Crippen molar-refractivity contribution in [3.8, 4) is 5.69 Å². The number of nitrogens with zero attached hydrogens (tertiary/aromatic N) is 4. The molecule has 0 saturated heterocycles. The van der Waals surface area contributed by atoms with Crippen molar-refractivity contribution in [2.75, 3.05) is 5.32 Å². The molecule has 6 nitrogen and oxygen atoms in total. The molecule has 0 fully saturated rings. The van der Waals surface area contributed by atoms with Crippen LogP contribution in [0.1, 0.15) is 17.1 Å². The van der Waals surface area contributed by atoms with Gasteiger partial charge in [-0.25, -0.2) is 9.67 Å². The summed E-state index contributed by atoms with van der Waals surface area (Å²) in [6, 6.07) is 9.80. The predicted molar refractivity (Wildman–Crippen MR) is 109 cm³/mol. The zero-order chi connectivity index (χ0) is 19.0. The molecule has 0 radical (unpaired) electrons. The maximum absolute atomic E-state index is 12.4. The van der Waals surface area contributed by atoms with Crippen molar-refractivity contribution in [2.24, 2.45) is 0 Å². The molecule has 0 unspecified atom stereocenters. The van der Waals surface area contributed by atoms with Crippen LogP contribution in [0.15, 0.2) is 48.0 Å². The van der Waals surface area contributed by atoms with E-state index in [2.05, 4.69) is 15.4 Å². The summed E-state index contributed by atoms with van der Waals surface area (Å²) in [5, 5.41) is 9.74. The zero-order valence-electron chi connectivity index (χ0n) is 14.7. The molecule has 27 heavy (non-hydrogen) atoms. The quantitative estimate of drug-likeness (QED) is 0.515. The van der Waals surface area contributed by atoms with E-state index in [0.29, 0.717) is 16.5 Å². The van der Waals surface area contributed by atoms with Crippen molar-refractivity contribution in [3.05, 3.63) is 70.2 Å². The summed E-state index contributed by atoms with van der Waals surface area (Å²) in [5.74, 6) is -0.255. The summed E-state index contributed by atoms with van der Waals surface area (Å²) in [6.45, 7) is 3.80. The van der Waals surface area contributed by atoms with Crippen LogP contribution < -0.4 is 5.32 Å². The van der Waals surface area contributed by atoms with E-state index in [-0.39, 0.29) is 5.91 Å². The molecule has 0 bridgehead atoms. The molecule has 0 aliphatic carbocycles. The number of carbonyl (C=O) groups excluding carboxylic acids is 1. The van der Waals surface area contributed by atoms with Gasteiger partial charge >= 0.3 is 0 Å². The Morgan fingerprint density at radius 2 is 2.04 bits per heavy atom. The minimum Gasteiger partial charge on any atom is -0.319 e. The number of anilines is 1. The lowest BCUT2D eigenvalue weighted by atomic mass is 10.3. The maximum atomic E-state index is 12.4. The highest BCUT2D eigenvalue weighted by Crippen LogP contribution is 2.24. The number of nitrogens with one attached hydrogen (secondary N) is 1. The van der Waals surface area contributed by atoms with E-state index in [0.717, 1.165) is 22.0 Å². The Morgan fingerprint density at radius 3 is 2.81 bits per heavy atom. The lowest BCUT2D eigenvalue weighted by Crippen LogP contribution is -2.09. The zero-order valence-corrected chi connectivity index (χ0v) is 16.3. The van der Waals surface area contributed by atoms with E-state index in [1.165, 1.54) is 17.4 Å². The van der Waals surface area contributed by atoms with Gasteiger partial charge in [-0.1, -0.05) is 29.8 Å². The number of hydrogen-bond donors (Lipinski definition) is 1. The van der Waals surface area contributed by atoms with Gasteiger partial charge in [0.1, 0.15) is 0 Å². The topological polar surface area (TPSA) is 64.2 Å². The lowest BCUT2D eigenvalue weighted by Gasteiger charge is -2.05. The first-order valence-corrected chi connectivity index (χ1v) is 9.52. The van der Waals surface area contributed by atoms with E-state index in [1.54, 1.807) is 6.08 Å². The second kappa shape index (κ2) is 7.02. The van der Waals surface area contributed by atoms with Crippen LogP contribution in [-0.4, -0.2) is 25.1 Å². The van der Waals surface area contributed by atoms with Crippen LogP contribution in [0.5, 0.6) is 0 Å². The molecule has 3 heterocycles. The molecule has 1 amide bonds. The number of hydrogen-bond acceptors (Lipinski definition) is 4. The number of benzene rings is 1. The first-order chi connectivity index (χ1) is 13.0. The third-order valence-electron chi connectivity index (χ3n) is 4.19. The van der Waals surface area contributed by atoms with Gasteiger partial charge in [-0.2, -0.15) is 5.10 Å². The molecule has 8 heteroatoms. The molecular weight excluding hydrogens is 382 g/mol. The molecule has 4 aromatic rings. The number of aromatic nitrogens is 4. The third-order valence-corrected chi connectivity index (χ3v) is 5.22. The van der Waals surface area contributed by atoms with Gasteiger partial charge in [-0.3, -0.25) is 9.20 Å². The third kappa shape index (κ3) is 3.27. The van der Waals surface area contributed by atoms with Crippen molar-refractivity contribution in [3.63, 3.8) is 0 Å². The van der Waals surface area contributed by atoms with E-state index in [9.17, 15) is 4.79 Å². The fourth-order valence-corrected chi connectivity index (χ4v) is 3.89. The van der Waals surface area contributed by atoms with Crippen molar-refractivity contribution in [1.82, 2.24) is 19.2 Å². The van der Waals surface area contributed by atoms with Crippen LogP contribution in [0.2, 0.25) is 5.15 Å². The van der Waals surface area contributed by atoms with Crippen LogP contribution in [0.25, 0.3) is 16.7 Å². The summed E-state index contributed by atoms with van der Waals surface area (Å²) >= 11 is 7.64. The van der Waals surface area contributed by atoms with E-state index in [1.807, 2.05) is 64.8 Å².